The first-order valence-electron chi connectivity index (χ1n) is 10.3. The molecule has 0 saturated carbocycles. The predicted molar refractivity (Wildman–Crippen MR) is 130 cm³/mol. The molecule has 0 aliphatic carbocycles. The molecule has 1 fully saturated rings. The summed E-state index contributed by atoms with van der Waals surface area (Å²) < 4.78 is 32.9. The third-order valence-corrected chi connectivity index (χ3v) is 7.58. The normalized spacial score (nSPS) is 14.6. The average molecular weight is 522 g/mol. The van der Waals surface area contributed by atoms with Crippen LogP contribution in [0.5, 0.6) is 5.75 Å². The van der Waals surface area contributed by atoms with Crippen LogP contribution in [0, 0.1) is 0 Å². The van der Waals surface area contributed by atoms with Gasteiger partial charge in [-0.05, 0) is 42.5 Å². The van der Waals surface area contributed by atoms with Gasteiger partial charge < -0.3 is 15.0 Å². The maximum atomic E-state index is 13.0. The molecule has 1 amide bonds. The van der Waals surface area contributed by atoms with Crippen LogP contribution in [0.25, 0.3) is 0 Å². The third-order valence-electron chi connectivity index (χ3n) is 5.14. The van der Waals surface area contributed by atoms with Crippen molar-refractivity contribution in [3.05, 3.63) is 71.1 Å². The largest absolute Gasteiger partial charge is 0.482 e. The lowest BCUT2D eigenvalue weighted by Crippen LogP contribution is -2.48. The third kappa shape index (κ3) is 5.76. The van der Waals surface area contributed by atoms with Gasteiger partial charge in [-0.25, -0.2) is 13.4 Å². The Kier molecular flexibility index (Phi) is 7.52. The van der Waals surface area contributed by atoms with Crippen molar-refractivity contribution in [1.29, 1.82) is 0 Å². The predicted octanol–water partition coefficient (Wildman–Crippen LogP) is 3.31. The van der Waals surface area contributed by atoms with Gasteiger partial charge in [0.1, 0.15) is 11.6 Å². The number of piperazine rings is 1. The molecule has 0 spiro atoms. The van der Waals surface area contributed by atoms with Crippen LogP contribution in [0.3, 0.4) is 0 Å². The van der Waals surface area contributed by atoms with Crippen molar-refractivity contribution in [3.8, 4) is 5.75 Å². The molecule has 1 N–H and O–H groups in total. The first kappa shape index (κ1) is 24.2. The van der Waals surface area contributed by atoms with Crippen molar-refractivity contribution in [3.63, 3.8) is 0 Å². The Labute approximate surface area is 207 Å². The highest BCUT2D eigenvalue weighted by Gasteiger charge is 2.29. The average Bonchev–Trinajstić information content (AvgIpc) is 2.84. The van der Waals surface area contributed by atoms with E-state index in [1.165, 1.54) is 34.6 Å². The molecule has 178 valence electrons. The summed E-state index contributed by atoms with van der Waals surface area (Å²) in [5, 5.41) is 3.42. The Morgan fingerprint density at radius 2 is 1.76 bits per heavy atom. The van der Waals surface area contributed by atoms with E-state index in [1.807, 2.05) is 4.90 Å². The zero-order chi connectivity index (χ0) is 24.1. The summed E-state index contributed by atoms with van der Waals surface area (Å²) in [4.78, 5) is 22.7. The number of nitrogens with zero attached hydrogens (tertiary/aromatic N) is 4. The summed E-state index contributed by atoms with van der Waals surface area (Å²) in [5.74, 6) is 0.644. The highest BCUT2D eigenvalue weighted by atomic mass is 35.5. The zero-order valence-electron chi connectivity index (χ0n) is 17.9. The lowest BCUT2D eigenvalue weighted by atomic mass is 10.3. The quantitative estimate of drug-likeness (QED) is 0.508. The van der Waals surface area contributed by atoms with Gasteiger partial charge in [-0.2, -0.15) is 4.31 Å². The molecule has 3 aromatic rings. The lowest BCUT2D eigenvalue weighted by Gasteiger charge is -2.34. The van der Waals surface area contributed by atoms with Crippen molar-refractivity contribution < 1.29 is 17.9 Å². The Morgan fingerprint density at radius 1 is 1.03 bits per heavy atom. The van der Waals surface area contributed by atoms with E-state index in [4.69, 9.17) is 27.9 Å². The molecule has 1 aliphatic heterocycles. The number of halogens is 2. The first-order valence-corrected chi connectivity index (χ1v) is 12.5. The number of amides is 1. The van der Waals surface area contributed by atoms with Crippen LogP contribution in [0.4, 0.5) is 11.5 Å². The summed E-state index contributed by atoms with van der Waals surface area (Å²) in [6.07, 6.45) is 4.86. The number of sulfonamides is 1. The molecule has 0 bridgehead atoms. The second-order valence-corrected chi connectivity index (χ2v) is 10.2. The molecule has 1 aromatic heterocycles. The molecular formula is C22H21Cl2N5O4S. The van der Waals surface area contributed by atoms with E-state index < -0.39 is 15.9 Å². The van der Waals surface area contributed by atoms with Gasteiger partial charge in [-0.1, -0.05) is 23.2 Å². The molecule has 1 aliphatic rings. The number of carbonyl (C=O) groups is 1. The van der Waals surface area contributed by atoms with Gasteiger partial charge >= 0.3 is 0 Å². The number of carbonyl (C=O) groups excluding carboxylic acids is 1. The molecule has 2 heterocycles. The van der Waals surface area contributed by atoms with Crippen molar-refractivity contribution in [2.24, 2.45) is 0 Å². The fourth-order valence-electron chi connectivity index (χ4n) is 3.40. The minimum Gasteiger partial charge on any atom is -0.482 e. The van der Waals surface area contributed by atoms with Crippen LogP contribution < -0.4 is 15.0 Å². The van der Waals surface area contributed by atoms with Gasteiger partial charge in [0.2, 0.25) is 10.0 Å². The number of hydrogen-bond acceptors (Lipinski definition) is 7. The Morgan fingerprint density at radius 3 is 2.41 bits per heavy atom. The van der Waals surface area contributed by atoms with Crippen molar-refractivity contribution >= 4 is 50.6 Å². The maximum Gasteiger partial charge on any atom is 0.262 e. The summed E-state index contributed by atoms with van der Waals surface area (Å²) in [7, 11) is -3.66. The van der Waals surface area contributed by atoms with Gasteiger partial charge in [-0.3, -0.25) is 9.78 Å². The van der Waals surface area contributed by atoms with Gasteiger partial charge in [0, 0.05) is 49.3 Å². The molecule has 1 saturated heterocycles. The second kappa shape index (κ2) is 10.6. The Bertz CT molecular complexity index is 1250. The summed E-state index contributed by atoms with van der Waals surface area (Å²) in [5.41, 5.74) is 0.447. The van der Waals surface area contributed by atoms with E-state index >= 15 is 0 Å². The summed E-state index contributed by atoms with van der Waals surface area (Å²) in [6, 6.07) is 10.7. The van der Waals surface area contributed by atoms with Gasteiger partial charge in [0.25, 0.3) is 5.91 Å². The van der Waals surface area contributed by atoms with Crippen LogP contribution in [0.2, 0.25) is 10.0 Å². The molecule has 2 aromatic carbocycles. The monoisotopic (exact) mass is 521 g/mol. The minimum absolute atomic E-state index is 0.155. The SMILES string of the molecule is O=C(COc1ccc(Cl)cc1Cl)Nc1ccc(S(=O)(=O)N2CCN(c3cnccn3)CC2)cc1. The van der Waals surface area contributed by atoms with E-state index in [1.54, 1.807) is 30.7 Å². The van der Waals surface area contributed by atoms with Crippen molar-refractivity contribution in [2.45, 2.75) is 4.90 Å². The van der Waals surface area contributed by atoms with E-state index in [-0.39, 0.29) is 11.5 Å². The molecule has 4 rings (SSSR count). The maximum absolute atomic E-state index is 13.0. The Hall–Kier alpha value is -2.92. The Balaban J connectivity index is 1.32. The van der Waals surface area contributed by atoms with Crippen LogP contribution in [0.15, 0.2) is 66.0 Å². The molecule has 0 unspecified atom stereocenters. The smallest absolute Gasteiger partial charge is 0.262 e. The topological polar surface area (TPSA) is 105 Å². The van der Waals surface area contributed by atoms with E-state index in [0.717, 1.165) is 5.82 Å². The van der Waals surface area contributed by atoms with Crippen molar-refractivity contribution in [1.82, 2.24) is 14.3 Å². The number of anilines is 2. The summed E-state index contributed by atoms with van der Waals surface area (Å²) in [6.45, 7) is 1.44. The molecular weight excluding hydrogens is 501 g/mol. The van der Waals surface area contributed by atoms with Gasteiger partial charge in [0.05, 0.1) is 16.1 Å². The summed E-state index contributed by atoms with van der Waals surface area (Å²) >= 11 is 11.9. The van der Waals surface area contributed by atoms with Crippen LogP contribution >= 0.6 is 23.2 Å². The molecule has 0 radical (unpaired) electrons. The van der Waals surface area contributed by atoms with Crippen LogP contribution in [-0.2, 0) is 14.8 Å². The van der Waals surface area contributed by atoms with E-state index in [0.29, 0.717) is 47.7 Å². The number of benzene rings is 2. The van der Waals surface area contributed by atoms with E-state index in [9.17, 15) is 13.2 Å². The molecule has 34 heavy (non-hydrogen) atoms. The highest BCUT2D eigenvalue weighted by Crippen LogP contribution is 2.27. The van der Waals surface area contributed by atoms with Gasteiger partial charge in [-0.15, -0.1) is 0 Å². The standard InChI is InChI=1S/C22H21Cl2N5O4S/c23-16-1-6-20(19(24)13-16)33-15-22(30)27-17-2-4-18(5-3-17)34(31,32)29-11-9-28(10-12-29)21-14-25-7-8-26-21/h1-8,13-14H,9-12,15H2,(H,27,30). The highest BCUT2D eigenvalue weighted by molar-refractivity contribution is 7.89. The van der Waals surface area contributed by atoms with Crippen molar-refractivity contribution in [2.75, 3.05) is 43.0 Å². The van der Waals surface area contributed by atoms with Crippen LogP contribution in [-0.4, -0.2) is 61.4 Å². The molecule has 0 atom stereocenters. The number of aromatic nitrogens is 2. The fourth-order valence-corrected chi connectivity index (χ4v) is 5.29. The molecule has 9 nitrogen and oxygen atoms in total. The van der Waals surface area contributed by atoms with E-state index in [2.05, 4.69) is 15.3 Å². The van der Waals surface area contributed by atoms with Crippen LogP contribution in [0.1, 0.15) is 0 Å². The number of hydrogen-bond donors (Lipinski definition) is 1. The minimum atomic E-state index is -3.66. The number of nitrogens with one attached hydrogen (secondary N) is 1. The zero-order valence-corrected chi connectivity index (χ0v) is 20.2. The first-order chi connectivity index (χ1) is 16.3. The molecule has 12 heteroatoms. The number of rotatable bonds is 7. The fraction of sp³-hybridized carbons (Fsp3) is 0.227. The van der Waals surface area contributed by atoms with Gasteiger partial charge in [0.15, 0.2) is 6.61 Å². The lowest BCUT2D eigenvalue weighted by molar-refractivity contribution is -0.118. The second-order valence-electron chi connectivity index (χ2n) is 7.39. The number of ether oxygens (including phenoxy) is 1.